The monoisotopic (exact) mass is 250 g/mol. The molecule has 6 nitrogen and oxygen atoms in total. The highest BCUT2D eigenvalue weighted by molar-refractivity contribution is 7.73. The molecular weight excluding hydrogens is 236 g/mol. The van der Waals surface area contributed by atoms with Gasteiger partial charge in [0.2, 0.25) is 0 Å². The Morgan fingerprint density at radius 3 is 1.25 bits per heavy atom. The van der Waals surface area contributed by atoms with Crippen LogP contribution in [0.4, 0.5) is 0 Å². The van der Waals surface area contributed by atoms with Gasteiger partial charge in [0.1, 0.15) is 17.3 Å². The van der Waals surface area contributed by atoms with Crippen molar-refractivity contribution in [1.82, 2.24) is 0 Å². The van der Waals surface area contributed by atoms with Crippen LogP contribution in [0.5, 0.6) is 11.5 Å². The van der Waals surface area contributed by atoms with E-state index in [9.17, 15) is 4.79 Å². The lowest BCUT2D eigenvalue weighted by molar-refractivity contribution is -0.114. The topological polar surface area (TPSA) is 115 Å². The first kappa shape index (κ1) is 17.0. The van der Waals surface area contributed by atoms with E-state index in [-0.39, 0.29) is 17.3 Å². The van der Waals surface area contributed by atoms with Crippen LogP contribution < -0.4 is 0 Å². The van der Waals surface area contributed by atoms with E-state index in [1.165, 1.54) is 38.1 Å². The normalized spacial score (nSPS) is 8.31. The molecule has 92 valence electrons. The molecule has 1 rings (SSSR count). The van der Waals surface area contributed by atoms with Crippen LogP contribution in [0, 0.1) is 0 Å². The average Bonchev–Trinajstić information content (AvgIpc) is 2.08. The fourth-order valence-electron chi connectivity index (χ4n) is 0.453. The van der Waals surface area contributed by atoms with Crippen molar-refractivity contribution in [3.8, 4) is 11.5 Å². The van der Waals surface area contributed by atoms with Crippen LogP contribution in [0.15, 0.2) is 24.3 Å². The summed E-state index contributed by atoms with van der Waals surface area (Å²) in [6.07, 6.45) is 0. The first-order valence-electron chi connectivity index (χ1n) is 4.00. The fourth-order valence-corrected chi connectivity index (χ4v) is 0.453. The third kappa shape index (κ3) is 22.9. The third-order valence-electron chi connectivity index (χ3n) is 0.850. The number of aromatic hydroxyl groups is 2. The zero-order valence-corrected chi connectivity index (χ0v) is 9.64. The Balaban J connectivity index is 0. The Labute approximate surface area is 95.7 Å². The summed E-state index contributed by atoms with van der Waals surface area (Å²) in [7, 11) is 0. The zero-order chi connectivity index (χ0) is 13.1. The first-order valence-corrected chi connectivity index (χ1v) is 5.07. The van der Waals surface area contributed by atoms with Gasteiger partial charge in [-0.05, 0) is 38.1 Å². The summed E-state index contributed by atoms with van der Waals surface area (Å²) >= 11 is -2.61. The molecule has 7 heteroatoms. The molecule has 0 heterocycles. The number of Topliss-reactive ketones (excluding diaryl/α,β-unsaturated/α-hetero) is 1. The fraction of sp³-hybridized carbons (Fsp3) is 0.222. The largest absolute Gasteiger partial charge is 0.508 e. The number of benzene rings is 1. The molecule has 0 spiro atoms. The zero-order valence-electron chi connectivity index (χ0n) is 8.82. The molecule has 1 aromatic carbocycles. The highest BCUT2D eigenvalue weighted by Crippen LogP contribution is 2.13. The molecule has 4 N–H and O–H groups in total. The van der Waals surface area contributed by atoms with Crippen molar-refractivity contribution in [2.75, 3.05) is 0 Å². The quantitative estimate of drug-likeness (QED) is 0.408. The van der Waals surface area contributed by atoms with Gasteiger partial charge in [-0.2, -0.15) is 4.21 Å². The summed E-state index contributed by atoms with van der Waals surface area (Å²) in [5.41, 5.74) is 0. The minimum absolute atomic E-state index is 0.167. The Morgan fingerprint density at radius 2 is 1.12 bits per heavy atom. The number of carbonyl (C=O) groups excluding carboxylic acids is 1. The van der Waals surface area contributed by atoms with E-state index in [1.807, 2.05) is 0 Å². The highest BCUT2D eigenvalue weighted by atomic mass is 32.2. The SMILES string of the molecule is CC(C)=O.O=S(O)O.Oc1ccc(O)cc1. The standard InChI is InChI=1S/C6H6O2.C3H6O.H2O3S/c7-5-1-2-6(8)4-3-5;1-3(2)4;1-4(2)3/h1-4,7-8H;1-2H3;(H2,1,2,3). The summed E-state index contributed by atoms with van der Waals surface area (Å²) in [6.45, 7) is 3.06. The van der Waals surface area contributed by atoms with E-state index in [4.69, 9.17) is 23.5 Å². The molecule has 0 bridgehead atoms. The molecule has 0 unspecified atom stereocenters. The lowest BCUT2D eigenvalue weighted by Gasteiger charge is -1.88. The molecule has 0 saturated heterocycles. The van der Waals surface area contributed by atoms with Crippen LogP contribution in [0.3, 0.4) is 0 Å². The smallest absolute Gasteiger partial charge is 0.299 e. The van der Waals surface area contributed by atoms with Crippen molar-refractivity contribution >= 4 is 17.1 Å². The van der Waals surface area contributed by atoms with Gasteiger partial charge in [0.25, 0.3) is 11.4 Å². The Morgan fingerprint density at radius 1 is 1.00 bits per heavy atom. The molecule has 0 aliphatic carbocycles. The molecule has 0 aromatic heterocycles. The lowest BCUT2D eigenvalue weighted by Crippen LogP contribution is -1.74. The number of ketones is 1. The minimum Gasteiger partial charge on any atom is -0.508 e. The Kier molecular flexibility index (Phi) is 10.7. The van der Waals surface area contributed by atoms with E-state index >= 15 is 0 Å². The first-order chi connectivity index (χ1) is 7.25. The maximum absolute atomic E-state index is 9.44. The van der Waals surface area contributed by atoms with E-state index in [0.717, 1.165) is 0 Å². The molecule has 0 atom stereocenters. The lowest BCUT2D eigenvalue weighted by atomic mass is 10.3. The Hall–Kier alpha value is -1.44. The van der Waals surface area contributed by atoms with Gasteiger partial charge in [-0.25, -0.2) is 0 Å². The second-order valence-electron chi connectivity index (χ2n) is 2.66. The van der Waals surface area contributed by atoms with E-state index in [2.05, 4.69) is 0 Å². The van der Waals surface area contributed by atoms with Crippen molar-refractivity contribution in [3.63, 3.8) is 0 Å². The van der Waals surface area contributed by atoms with Crippen LogP contribution in [-0.2, 0) is 16.2 Å². The van der Waals surface area contributed by atoms with Crippen LogP contribution in [-0.4, -0.2) is 29.3 Å². The summed E-state index contributed by atoms with van der Waals surface area (Å²) in [5.74, 6) is 0.505. The summed E-state index contributed by atoms with van der Waals surface area (Å²) < 4.78 is 22.8. The Bertz CT molecular complexity index is 280. The predicted octanol–water partition coefficient (Wildman–Crippen LogP) is 1.37. The number of hydrogen-bond donors (Lipinski definition) is 4. The van der Waals surface area contributed by atoms with Crippen molar-refractivity contribution in [2.24, 2.45) is 0 Å². The average molecular weight is 250 g/mol. The molecule has 0 aliphatic heterocycles. The third-order valence-corrected chi connectivity index (χ3v) is 0.850. The number of phenolic OH excluding ortho intramolecular Hbond substituents is 2. The van der Waals surface area contributed by atoms with Crippen LogP contribution >= 0.6 is 0 Å². The van der Waals surface area contributed by atoms with Gasteiger partial charge < -0.3 is 15.0 Å². The van der Waals surface area contributed by atoms with Gasteiger partial charge >= 0.3 is 0 Å². The number of hydrogen-bond acceptors (Lipinski definition) is 4. The minimum atomic E-state index is -2.61. The van der Waals surface area contributed by atoms with E-state index in [1.54, 1.807) is 0 Å². The number of rotatable bonds is 0. The van der Waals surface area contributed by atoms with Gasteiger partial charge in [0, 0.05) is 0 Å². The van der Waals surface area contributed by atoms with Crippen LogP contribution in [0.25, 0.3) is 0 Å². The van der Waals surface area contributed by atoms with Gasteiger partial charge in [-0.15, -0.1) is 0 Å². The van der Waals surface area contributed by atoms with Gasteiger partial charge in [-0.3, -0.25) is 9.11 Å². The van der Waals surface area contributed by atoms with Crippen molar-refractivity contribution in [2.45, 2.75) is 13.8 Å². The maximum atomic E-state index is 9.44. The van der Waals surface area contributed by atoms with Crippen molar-refractivity contribution in [1.29, 1.82) is 0 Å². The predicted molar refractivity (Wildman–Crippen MR) is 59.5 cm³/mol. The summed E-state index contributed by atoms with van der Waals surface area (Å²) in [5, 5.41) is 17.3. The van der Waals surface area contributed by atoms with Crippen molar-refractivity contribution < 1.29 is 28.3 Å². The maximum Gasteiger partial charge on any atom is 0.299 e. The number of phenols is 2. The molecule has 0 amide bonds. The van der Waals surface area contributed by atoms with Gasteiger partial charge in [0.15, 0.2) is 0 Å². The van der Waals surface area contributed by atoms with E-state index in [0.29, 0.717) is 0 Å². The highest BCUT2D eigenvalue weighted by Gasteiger charge is 1.84. The van der Waals surface area contributed by atoms with Gasteiger partial charge in [0.05, 0.1) is 0 Å². The molecular formula is C9H14O6S. The molecule has 0 radical (unpaired) electrons. The molecule has 0 fully saturated rings. The number of carbonyl (C=O) groups is 1. The summed E-state index contributed by atoms with van der Waals surface area (Å²) in [6, 6.07) is 5.70. The molecule has 16 heavy (non-hydrogen) atoms. The molecule has 0 aliphatic rings. The second kappa shape index (κ2) is 10.1. The van der Waals surface area contributed by atoms with Gasteiger partial charge in [-0.1, -0.05) is 0 Å². The second-order valence-corrected chi connectivity index (χ2v) is 3.12. The molecule has 1 aromatic rings. The van der Waals surface area contributed by atoms with E-state index < -0.39 is 11.4 Å². The van der Waals surface area contributed by atoms with Crippen LogP contribution in [0.1, 0.15) is 13.8 Å². The van der Waals surface area contributed by atoms with Crippen LogP contribution in [0.2, 0.25) is 0 Å². The van der Waals surface area contributed by atoms with Crippen molar-refractivity contribution in [3.05, 3.63) is 24.3 Å². The molecule has 0 saturated carbocycles. The summed E-state index contributed by atoms with van der Waals surface area (Å²) in [4.78, 5) is 9.44.